The highest BCUT2D eigenvalue weighted by molar-refractivity contribution is 5.15. The van der Waals surface area contributed by atoms with Crippen LogP contribution in [-0.4, -0.2) is 4.98 Å². The maximum atomic E-state index is 4.27. The van der Waals surface area contributed by atoms with Gasteiger partial charge in [0.25, 0.3) is 0 Å². The lowest BCUT2D eigenvalue weighted by Crippen LogP contribution is -2.13. The van der Waals surface area contributed by atoms with Crippen LogP contribution >= 0.6 is 0 Å². The third-order valence-corrected chi connectivity index (χ3v) is 5.22. The average Bonchev–Trinajstić information content (AvgIpc) is 2.55. The molecule has 21 heavy (non-hydrogen) atoms. The van der Waals surface area contributed by atoms with E-state index < -0.39 is 0 Å². The molecule has 0 aromatic carbocycles. The van der Waals surface area contributed by atoms with Crippen LogP contribution in [0.15, 0.2) is 24.5 Å². The van der Waals surface area contributed by atoms with Gasteiger partial charge in [-0.3, -0.25) is 4.98 Å². The van der Waals surface area contributed by atoms with E-state index in [1.165, 1.54) is 82.6 Å². The largest absolute Gasteiger partial charge is 0.264 e. The number of hydrogen-bond acceptors (Lipinski definition) is 1. The molecule has 1 fully saturated rings. The van der Waals surface area contributed by atoms with Crippen LogP contribution in [0, 0.1) is 5.92 Å². The van der Waals surface area contributed by atoms with E-state index in [0.29, 0.717) is 0 Å². The minimum absolute atomic E-state index is 0.781. The van der Waals surface area contributed by atoms with Crippen molar-refractivity contribution >= 4 is 0 Å². The molecular weight excluding hydrogens is 254 g/mol. The summed E-state index contributed by atoms with van der Waals surface area (Å²) in [5.41, 5.74) is 1.46. The molecule has 1 aromatic heterocycles. The molecular formula is C20H33N. The van der Waals surface area contributed by atoms with E-state index >= 15 is 0 Å². The molecule has 0 aliphatic heterocycles. The van der Waals surface area contributed by atoms with Gasteiger partial charge in [0.05, 0.1) is 0 Å². The summed E-state index contributed by atoms with van der Waals surface area (Å²) >= 11 is 0. The number of rotatable bonds is 9. The lowest BCUT2D eigenvalue weighted by molar-refractivity contribution is 0.301. The van der Waals surface area contributed by atoms with Crippen LogP contribution in [0.3, 0.4) is 0 Å². The van der Waals surface area contributed by atoms with Gasteiger partial charge in [0.2, 0.25) is 0 Å². The van der Waals surface area contributed by atoms with Crippen molar-refractivity contribution in [2.24, 2.45) is 5.92 Å². The highest BCUT2D eigenvalue weighted by atomic mass is 14.6. The topological polar surface area (TPSA) is 12.9 Å². The zero-order chi connectivity index (χ0) is 14.8. The van der Waals surface area contributed by atoms with Crippen molar-refractivity contribution in [1.29, 1.82) is 0 Å². The molecule has 0 amide bonds. The smallest absolute Gasteiger partial charge is 0.0302 e. The van der Waals surface area contributed by atoms with Crippen molar-refractivity contribution in [1.82, 2.24) is 4.98 Å². The molecule has 0 atom stereocenters. The summed E-state index contributed by atoms with van der Waals surface area (Å²) in [5.74, 6) is 1.79. The fourth-order valence-corrected chi connectivity index (χ4v) is 3.79. The first-order valence-corrected chi connectivity index (χ1v) is 9.30. The molecule has 0 radical (unpaired) electrons. The number of pyridine rings is 1. The van der Waals surface area contributed by atoms with Gasteiger partial charge in [-0.25, -0.2) is 0 Å². The van der Waals surface area contributed by atoms with Crippen molar-refractivity contribution in [2.75, 3.05) is 0 Å². The summed E-state index contributed by atoms with van der Waals surface area (Å²) in [6.45, 7) is 2.29. The minimum atomic E-state index is 0.781. The minimum Gasteiger partial charge on any atom is -0.264 e. The van der Waals surface area contributed by atoms with E-state index in [1.54, 1.807) is 0 Å². The van der Waals surface area contributed by atoms with Gasteiger partial charge in [0.1, 0.15) is 0 Å². The molecule has 1 aromatic rings. The van der Waals surface area contributed by atoms with E-state index in [2.05, 4.69) is 30.2 Å². The van der Waals surface area contributed by atoms with Crippen molar-refractivity contribution < 1.29 is 0 Å². The summed E-state index contributed by atoms with van der Waals surface area (Å²) in [4.78, 5) is 4.27. The van der Waals surface area contributed by atoms with Crippen LogP contribution in [0.25, 0.3) is 0 Å². The third-order valence-electron chi connectivity index (χ3n) is 5.22. The predicted molar refractivity (Wildman–Crippen MR) is 91.5 cm³/mol. The molecule has 1 aliphatic rings. The summed E-state index contributed by atoms with van der Waals surface area (Å²) in [7, 11) is 0. The Morgan fingerprint density at radius 1 is 0.952 bits per heavy atom. The summed E-state index contributed by atoms with van der Waals surface area (Å²) in [5, 5.41) is 0. The third kappa shape index (κ3) is 6.20. The number of aromatic nitrogens is 1. The van der Waals surface area contributed by atoms with Crippen LogP contribution < -0.4 is 0 Å². The quantitative estimate of drug-likeness (QED) is 0.473. The van der Waals surface area contributed by atoms with E-state index in [-0.39, 0.29) is 0 Å². The zero-order valence-corrected chi connectivity index (χ0v) is 13.9. The Hall–Kier alpha value is -0.850. The second kappa shape index (κ2) is 9.97. The second-order valence-corrected chi connectivity index (χ2v) is 6.91. The fourth-order valence-electron chi connectivity index (χ4n) is 3.79. The Morgan fingerprint density at radius 2 is 1.67 bits per heavy atom. The summed E-state index contributed by atoms with van der Waals surface area (Å²) < 4.78 is 0. The van der Waals surface area contributed by atoms with Crippen LogP contribution in [0.1, 0.15) is 95.5 Å². The van der Waals surface area contributed by atoms with E-state index in [1.807, 2.05) is 6.20 Å². The van der Waals surface area contributed by atoms with Gasteiger partial charge in [0.15, 0.2) is 0 Å². The van der Waals surface area contributed by atoms with Gasteiger partial charge >= 0.3 is 0 Å². The van der Waals surface area contributed by atoms with Crippen molar-refractivity contribution in [3.8, 4) is 0 Å². The average molecular weight is 287 g/mol. The normalized spacial score (nSPS) is 22.3. The van der Waals surface area contributed by atoms with Gasteiger partial charge < -0.3 is 0 Å². The van der Waals surface area contributed by atoms with Crippen LogP contribution in [0.2, 0.25) is 0 Å². The highest BCUT2D eigenvalue weighted by Gasteiger charge is 2.21. The molecule has 0 spiro atoms. The maximum absolute atomic E-state index is 4.27. The molecule has 0 N–H and O–H groups in total. The first-order chi connectivity index (χ1) is 10.4. The molecule has 0 bridgehead atoms. The molecule has 0 unspecified atom stereocenters. The zero-order valence-electron chi connectivity index (χ0n) is 13.9. The summed E-state index contributed by atoms with van der Waals surface area (Å²) in [6.07, 6.45) is 21.2. The van der Waals surface area contributed by atoms with Gasteiger partial charge in [0, 0.05) is 12.4 Å². The molecule has 118 valence electrons. The number of unbranched alkanes of at least 4 members (excludes halogenated alkanes) is 6. The van der Waals surface area contributed by atoms with Crippen LogP contribution in [-0.2, 0) is 0 Å². The Morgan fingerprint density at radius 3 is 2.33 bits per heavy atom. The van der Waals surface area contributed by atoms with E-state index in [9.17, 15) is 0 Å². The fraction of sp³-hybridized carbons (Fsp3) is 0.750. The van der Waals surface area contributed by atoms with E-state index in [0.717, 1.165) is 11.8 Å². The van der Waals surface area contributed by atoms with Crippen LogP contribution in [0.4, 0.5) is 0 Å². The first kappa shape index (κ1) is 16.5. The predicted octanol–water partition coefficient (Wildman–Crippen LogP) is 6.50. The molecule has 1 saturated carbocycles. The second-order valence-electron chi connectivity index (χ2n) is 6.91. The monoisotopic (exact) mass is 287 g/mol. The van der Waals surface area contributed by atoms with Gasteiger partial charge in [-0.05, 0) is 49.1 Å². The Labute approximate surface area is 131 Å². The van der Waals surface area contributed by atoms with Gasteiger partial charge in [-0.1, -0.05) is 64.4 Å². The summed E-state index contributed by atoms with van der Waals surface area (Å²) in [6, 6.07) is 4.34. The lowest BCUT2D eigenvalue weighted by atomic mass is 9.77. The maximum Gasteiger partial charge on any atom is 0.0302 e. The molecule has 0 saturated heterocycles. The van der Waals surface area contributed by atoms with Gasteiger partial charge in [-0.15, -0.1) is 0 Å². The SMILES string of the molecule is CCCCCCCCCC1CCC(c2cccnc2)CC1. The standard InChI is InChI=1S/C20H33N/c1-2-3-4-5-6-7-8-10-18-12-14-19(15-13-18)20-11-9-16-21-17-20/h9,11,16-19H,2-8,10,12-15H2,1H3. The van der Waals surface area contributed by atoms with E-state index in [4.69, 9.17) is 0 Å². The molecule has 2 rings (SSSR count). The van der Waals surface area contributed by atoms with Crippen molar-refractivity contribution in [3.63, 3.8) is 0 Å². The number of hydrogen-bond donors (Lipinski definition) is 0. The highest BCUT2D eigenvalue weighted by Crippen LogP contribution is 2.37. The Bertz CT molecular complexity index is 351. The molecule has 1 nitrogen and oxygen atoms in total. The number of nitrogens with zero attached hydrogens (tertiary/aromatic N) is 1. The van der Waals surface area contributed by atoms with Gasteiger partial charge in [-0.2, -0.15) is 0 Å². The van der Waals surface area contributed by atoms with Crippen molar-refractivity contribution in [3.05, 3.63) is 30.1 Å². The Balaban J connectivity index is 1.53. The lowest BCUT2D eigenvalue weighted by Gasteiger charge is -2.28. The molecule has 1 heteroatoms. The van der Waals surface area contributed by atoms with Crippen LogP contribution in [0.5, 0.6) is 0 Å². The first-order valence-electron chi connectivity index (χ1n) is 9.30. The molecule has 1 heterocycles. The van der Waals surface area contributed by atoms with Crippen molar-refractivity contribution in [2.45, 2.75) is 89.9 Å². The Kier molecular flexibility index (Phi) is 7.85. The molecule has 1 aliphatic carbocycles.